The number of carbonyl (C=O) groups excluding carboxylic acids is 1. The average Bonchev–Trinajstić information content (AvgIpc) is 3.19. The molecule has 1 amide bonds. The number of guanidine groups is 1. The molecule has 2 N–H and O–H groups in total. The molecule has 1 saturated carbocycles. The summed E-state index contributed by atoms with van der Waals surface area (Å²) in [5, 5.41) is 6.86. The first-order valence-electron chi connectivity index (χ1n) is 10.5. The van der Waals surface area contributed by atoms with Gasteiger partial charge < -0.3 is 20.3 Å². The van der Waals surface area contributed by atoms with Gasteiger partial charge in [-0.2, -0.15) is 0 Å². The minimum atomic E-state index is 0.253. The second-order valence-corrected chi connectivity index (χ2v) is 7.98. The molecule has 1 aliphatic heterocycles. The number of benzene rings is 1. The summed E-state index contributed by atoms with van der Waals surface area (Å²) in [4.78, 5) is 19.1. The molecule has 1 aliphatic carbocycles. The number of hydrogen-bond donors (Lipinski definition) is 2. The zero-order valence-electron chi connectivity index (χ0n) is 17.5. The van der Waals surface area contributed by atoms with Crippen molar-refractivity contribution in [3.8, 4) is 5.75 Å². The predicted octanol–water partition coefficient (Wildman–Crippen LogP) is 2.85. The van der Waals surface area contributed by atoms with Gasteiger partial charge in [-0.1, -0.05) is 31.4 Å². The fourth-order valence-corrected chi connectivity index (χ4v) is 4.31. The van der Waals surface area contributed by atoms with Crippen molar-refractivity contribution < 1.29 is 9.53 Å². The third-order valence-corrected chi connectivity index (χ3v) is 5.94. The van der Waals surface area contributed by atoms with Crippen LogP contribution in [-0.2, 0) is 11.3 Å². The standard InChI is InChI=1S/C22H34N4O2/c1-16-13-17(9-10-20(16)28-3)14-24-22(23-2)25-19-11-12-26(15-19)21(27)18-7-5-4-6-8-18/h9-10,13,18-19H,4-8,11-12,14-15H2,1-3H3,(H2,23,24,25). The van der Waals surface area contributed by atoms with Crippen LogP contribution in [0.5, 0.6) is 5.75 Å². The van der Waals surface area contributed by atoms with E-state index in [0.29, 0.717) is 12.5 Å². The van der Waals surface area contributed by atoms with Crippen LogP contribution in [0.4, 0.5) is 0 Å². The summed E-state index contributed by atoms with van der Waals surface area (Å²) in [6.45, 7) is 4.37. The van der Waals surface area contributed by atoms with Crippen LogP contribution in [-0.4, -0.2) is 50.1 Å². The third kappa shape index (κ3) is 5.18. The summed E-state index contributed by atoms with van der Waals surface area (Å²) in [6.07, 6.45) is 6.79. The smallest absolute Gasteiger partial charge is 0.225 e. The number of nitrogens with one attached hydrogen (secondary N) is 2. The molecular formula is C22H34N4O2. The number of ether oxygens (including phenoxy) is 1. The van der Waals surface area contributed by atoms with E-state index in [2.05, 4.69) is 27.8 Å². The number of methoxy groups -OCH3 is 1. The maximum Gasteiger partial charge on any atom is 0.225 e. The van der Waals surface area contributed by atoms with Crippen LogP contribution >= 0.6 is 0 Å². The number of hydrogen-bond acceptors (Lipinski definition) is 3. The minimum Gasteiger partial charge on any atom is -0.496 e. The largest absolute Gasteiger partial charge is 0.496 e. The molecule has 0 aromatic heterocycles. The Morgan fingerprint density at radius 2 is 2.04 bits per heavy atom. The van der Waals surface area contributed by atoms with Gasteiger partial charge in [-0.3, -0.25) is 9.79 Å². The summed E-state index contributed by atoms with van der Waals surface area (Å²) in [7, 11) is 3.48. The number of carbonyl (C=O) groups is 1. The molecule has 28 heavy (non-hydrogen) atoms. The van der Waals surface area contributed by atoms with Crippen LogP contribution in [0, 0.1) is 12.8 Å². The van der Waals surface area contributed by atoms with E-state index in [-0.39, 0.29) is 12.0 Å². The van der Waals surface area contributed by atoms with Crippen molar-refractivity contribution in [3.63, 3.8) is 0 Å². The monoisotopic (exact) mass is 386 g/mol. The van der Waals surface area contributed by atoms with Crippen LogP contribution < -0.4 is 15.4 Å². The Labute approximate surface area is 168 Å². The molecule has 0 radical (unpaired) electrons. The molecule has 6 heteroatoms. The quantitative estimate of drug-likeness (QED) is 0.603. The van der Waals surface area contributed by atoms with E-state index < -0.39 is 0 Å². The highest BCUT2D eigenvalue weighted by Crippen LogP contribution is 2.26. The molecule has 1 heterocycles. The number of amides is 1. The van der Waals surface area contributed by atoms with Gasteiger partial charge in [-0.05, 0) is 43.4 Å². The summed E-state index contributed by atoms with van der Waals surface area (Å²) >= 11 is 0. The van der Waals surface area contributed by atoms with E-state index in [1.165, 1.54) is 24.8 Å². The number of aryl methyl sites for hydroxylation is 1. The van der Waals surface area contributed by atoms with Gasteiger partial charge in [-0.15, -0.1) is 0 Å². The highest BCUT2D eigenvalue weighted by Gasteiger charge is 2.31. The maximum absolute atomic E-state index is 12.7. The Balaban J connectivity index is 1.47. The van der Waals surface area contributed by atoms with Crippen LogP contribution in [0.2, 0.25) is 0 Å². The van der Waals surface area contributed by atoms with Crippen LogP contribution in [0.15, 0.2) is 23.2 Å². The van der Waals surface area contributed by atoms with Crippen molar-refractivity contribution in [2.24, 2.45) is 10.9 Å². The zero-order chi connectivity index (χ0) is 19.9. The maximum atomic E-state index is 12.7. The fourth-order valence-electron chi connectivity index (χ4n) is 4.31. The Kier molecular flexibility index (Phi) is 7.18. The first-order valence-corrected chi connectivity index (χ1v) is 10.5. The third-order valence-electron chi connectivity index (χ3n) is 5.94. The number of rotatable bonds is 5. The van der Waals surface area contributed by atoms with Crippen molar-refractivity contribution in [1.82, 2.24) is 15.5 Å². The number of aliphatic imine (C=N–C) groups is 1. The molecule has 1 unspecified atom stereocenters. The molecule has 0 spiro atoms. The van der Waals surface area contributed by atoms with Crippen LogP contribution in [0.25, 0.3) is 0 Å². The highest BCUT2D eigenvalue weighted by molar-refractivity contribution is 5.81. The van der Waals surface area contributed by atoms with Gasteiger partial charge in [0.1, 0.15) is 5.75 Å². The van der Waals surface area contributed by atoms with Crippen molar-refractivity contribution in [2.45, 2.75) is 58.0 Å². The van der Waals surface area contributed by atoms with E-state index in [9.17, 15) is 4.79 Å². The summed E-state index contributed by atoms with van der Waals surface area (Å²) < 4.78 is 5.32. The first-order chi connectivity index (χ1) is 13.6. The van der Waals surface area contributed by atoms with Crippen molar-refractivity contribution in [3.05, 3.63) is 29.3 Å². The average molecular weight is 387 g/mol. The predicted molar refractivity (Wildman–Crippen MR) is 113 cm³/mol. The van der Waals surface area contributed by atoms with Gasteiger partial charge in [-0.25, -0.2) is 0 Å². The highest BCUT2D eigenvalue weighted by atomic mass is 16.5. The van der Waals surface area contributed by atoms with Crippen molar-refractivity contribution in [1.29, 1.82) is 0 Å². The SMILES string of the molecule is CN=C(NCc1ccc(OC)c(C)c1)NC1CCN(C(=O)C2CCCCC2)C1. The lowest BCUT2D eigenvalue weighted by molar-refractivity contribution is -0.135. The molecule has 6 nitrogen and oxygen atoms in total. The van der Waals surface area contributed by atoms with Crippen LogP contribution in [0.3, 0.4) is 0 Å². The van der Waals surface area contributed by atoms with Gasteiger partial charge in [0.15, 0.2) is 5.96 Å². The zero-order valence-corrected chi connectivity index (χ0v) is 17.5. The van der Waals surface area contributed by atoms with Crippen molar-refractivity contribution >= 4 is 11.9 Å². The lowest BCUT2D eigenvalue weighted by atomic mass is 9.88. The minimum absolute atomic E-state index is 0.253. The molecule has 2 aliphatic rings. The molecule has 2 fully saturated rings. The lowest BCUT2D eigenvalue weighted by Crippen LogP contribution is -2.45. The topological polar surface area (TPSA) is 66.0 Å². The number of nitrogens with zero attached hydrogens (tertiary/aromatic N) is 2. The van der Waals surface area contributed by atoms with E-state index in [1.807, 2.05) is 17.9 Å². The summed E-state index contributed by atoms with van der Waals surface area (Å²) in [5.74, 6) is 2.30. The normalized spacial score (nSPS) is 20.9. The molecule has 0 bridgehead atoms. The lowest BCUT2D eigenvalue weighted by Gasteiger charge is -2.26. The van der Waals surface area contributed by atoms with Crippen LogP contribution in [0.1, 0.15) is 49.7 Å². The second kappa shape index (κ2) is 9.80. The van der Waals surface area contributed by atoms with E-state index in [0.717, 1.165) is 49.6 Å². The van der Waals surface area contributed by atoms with Gasteiger partial charge >= 0.3 is 0 Å². The van der Waals surface area contributed by atoms with E-state index >= 15 is 0 Å². The summed E-state index contributed by atoms with van der Waals surface area (Å²) in [6, 6.07) is 6.44. The van der Waals surface area contributed by atoms with Gasteiger partial charge in [0, 0.05) is 38.6 Å². The molecule has 1 aromatic carbocycles. The molecule has 1 saturated heterocycles. The van der Waals surface area contributed by atoms with Gasteiger partial charge in [0.25, 0.3) is 0 Å². The fraction of sp³-hybridized carbons (Fsp3) is 0.636. The first kappa shape index (κ1) is 20.5. The molecule has 3 rings (SSSR count). The Hall–Kier alpha value is -2.24. The second-order valence-electron chi connectivity index (χ2n) is 7.98. The van der Waals surface area contributed by atoms with Gasteiger partial charge in [0.05, 0.1) is 7.11 Å². The molecular weight excluding hydrogens is 352 g/mol. The Bertz CT molecular complexity index is 698. The van der Waals surface area contributed by atoms with E-state index in [4.69, 9.17) is 4.74 Å². The Morgan fingerprint density at radius 3 is 2.71 bits per heavy atom. The molecule has 1 aromatic rings. The molecule has 1 atom stereocenters. The van der Waals surface area contributed by atoms with Gasteiger partial charge in [0.2, 0.25) is 5.91 Å². The number of likely N-dealkylation sites (tertiary alicyclic amines) is 1. The van der Waals surface area contributed by atoms with Crippen molar-refractivity contribution in [2.75, 3.05) is 27.2 Å². The Morgan fingerprint density at radius 1 is 1.25 bits per heavy atom. The molecule has 154 valence electrons. The summed E-state index contributed by atoms with van der Waals surface area (Å²) in [5.41, 5.74) is 2.30. The van der Waals surface area contributed by atoms with E-state index in [1.54, 1.807) is 14.2 Å².